The first-order valence-corrected chi connectivity index (χ1v) is 11.7. The van der Waals surface area contributed by atoms with E-state index in [9.17, 15) is 4.79 Å². The van der Waals surface area contributed by atoms with Gasteiger partial charge >= 0.3 is 0 Å². The van der Waals surface area contributed by atoms with Crippen LogP contribution < -0.4 is 14.2 Å². The summed E-state index contributed by atoms with van der Waals surface area (Å²) in [7, 11) is 1.59. The van der Waals surface area contributed by atoms with E-state index in [1.165, 1.54) is 6.33 Å². The van der Waals surface area contributed by atoms with Crippen LogP contribution in [0.25, 0.3) is 10.9 Å². The number of benzene rings is 2. The van der Waals surface area contributed by atoms with E-state index in [0.29, 0.717) is 53.7 Å². The summed E-state index contributed by atoms with van der Waals surface area (Å²) in [6.07, 6.45) is 3.56. The fourth-order valence-electron chi connectivity index (χ4n) is 3.74. The van der Waals surface area contributed by atoms with Gasteiger partial charge in [-0.3, -0.25) is 4.79 Å². The van der Waals surface area contributed by atoms with Crippen molar-refractivity contribution in [2.75, 3.05) is 20.3 Å². The van der Waals surface area contributed by atoms with Gasteiger partial charge in [0, 0.05) is 18.7 Å². The maximum Gasteiger partial charge on any atom is 0.230 e. The van der Waals surface area contributed by atoms with Gasteiger partial charge in [-0.15, -0.1) is 5.10 Å². The van der Waals surface area contributed by atoms with Gasteiger partial charge in [-0.2, -0.15) is 0 Å². The number of fused-ring (bicyclic) bond motifs is 1. The first-order valence-electron chi connectivity index (χ1n) is 11.7. The van der Waals surface area contributed by atoms with Crippen molar-refractivity contribution in [3.05, 3.63) is 60.2 Å². The first-order chi connectivity index (χ1) is 17.5. The third kappa shape index (κ3) is 5.28. The minimum atomic E-state index is 0.00743. The second-order valence-electron chi connectivity index (χ2n) is 8.93. The zero-order chi connectivity index (χ0) is 25.1. The monoisotopic (exact) mass is 489 g/mol. The highest BCUT2D eigenvalue weighted by atomic mass is 16.6. The lowest BCUT2D eigenvalue weighted by molar-refractivity contribution is -0.119. The van der Waals surface area contributed by atoms with Crippen LogP contribution in [0.5, 0.6) is 23.1 Å². The van der Waals surface area contributed by atoms with Gasteiger partial charge in [0.25, 0.3) is 0 Å². The fourth-order valence-corrected chi connectivity index (χ4v) is 3.74. The molecular formula is C26H27N5O5. The number of ether oxygens (including phenoxy) is 4. The van der Waals surface area contributed by atoms with Crippen molar-refractivity contribution < 1.29 is 23.7 Å². The molecule has 0 N–H and O–H groups in total. The minimum Gasteiger partial charge on any atom is -0.493 e. The third-order valence-corrected chi connectivity index (χ3v) is 5.81. The molecule has 0 spiro atoms. The van der Waals surface area contributed by atoms with Crippen molar-refractivity contribution in [3.63, 3.8) is 0 Å². The SMILES string of the molecule is COc1cc2c(Oc3ccc(CC(=O)Cn4cc(C(C)C)nn4)cc3)ncnc2cc1OC1COC1. The van der Waals surface area contributed by atoms with Crippen LogP contribution in [0.1, 0.15) is 31.0 Å². The maximum atomic E-state index is 12.5. The molecule has 0 amide bonds. The summed E-state index contributed by atoms with van der Waals surface area (Å²) in [5.74, 6) is 2.47. The zero-order valence-corrected chi connectivity index (χ0v) is 20.4. The van der Waals surface area contributed by atoms with Gasteiger partial charge in [0.2, 0.25) is 5.88 Å². The lowest BCUT2D eigenvalue weighted by Crippen LogP contribution is -2.38. The van der Waals surface area contributed by atoms with E-state index in [2.05, 4.69) is 20.3 Å². The lowest BCUT2D eigenvalue weighted by Gasteiger charge is -2.27. The number of nitrogens with zero attached hydrogens (tertiary/aromatic N) is 5. The zero-order valence-electron chi connectivity index (χ0n) is 20.4. The lowest BCUT2D eigenvalue weighted by atomic mass is 10.1. The smallest absolute Gasteiger partial charge is 0.230 e. The van der Waals surface area contributed by atoms with Crippen LogP contribution in [-0.4, -0.2) is 57.2 Å². The summed E-state index contributed by atoms with van der Waals surface area (Å²) in [5, 5.41) is 8.83. The summed E-state index contributed by atoms with van der Waals surface area (Å²) in [5.41, 5.74) is 2.43. The van der Waals surface area contributed by atoms with E-state index in [1.807, 2.05) is 50.4 Å². The van der Waals surface area contributed by atoms with Crippen molar-refractivity contribution in [2.45, 2.75) is 38.8 Å². The molecule has 0 unspecified atom stereocenters. The molecule has 36 heavy (non-hydrogen) atoms. The van der Waals surface area contributed by atoms with Gasteiger partial charge in [0.1, 0.15) is 24.7 Å². The second kappa shape index (κ2) is 10.3. The number of hydrogen-bond acceptors (Lipinski definition) is 9. The summed E-state index contributed by atoms with van der Waals surface area (Å²) in [6.45, 7) is 5.38. The number of ketones is 1. The Morgan fingerprint density at radius 1 is 1.14 bits per heavy atom. The highest BCUT2D eigenvalue weighted by molar-refractivity contribution is 5.87. The molecule has 0 radical (unpaired) electrons. The number of aromatic nitrogens is 5. The van der Waals surface area contributed by atoms with E-state index in [0.717, 1.165) is 11.3 Å². The Morgan fingerprint density at radius 2 is 1.94 bits per heavy atom. The number of methoxy groups -OCH3 is 1. The van der Waals surface area contributed by atoms with E-state index in [4.69, 9.17) is 18.9 Å². The predicted octanol–water partition coefficient (Wildman–Crippen LogP) is 3.74. The van der Waals surface area contributed by atoms with Crippen molar-refractivity contribution in [1.29, 1.82) is 0 Å². The predicted molar refractivity (Wildman–Crippen MR) is 131 cm³/mol. The molecule has 0 bridgehead atoms. The van der Waals surface area contributed by atoms with E-state index in [-0.39, 0.29) is 24.3 Å². The van der Waals surface area contributed by atoms with Gasteiger partial charge in [-0.1, -0.05) is 31.2 Å². The Morgan fingerprint density at radius 3 is 2.61 bits per heavy atom. The van der Waals surface area contributed by atoms with Crippen molar-refractivity contribution in [2.24, 2.45) is 0 Å². The molecule has 1 fully saturated rings. The highest BCUT2D eigenvalue weighted by Gasteiger charge is 2.23. The molecule has 10 nitrogen and oxygen atoms in total. The van der Waals surface area contributed by atoms with Crippen LogP contribution >= 0.6 is 0 Å². The second-order valence-corrected chi connectivity index (χ2v) is 8.93. The Kier molecular flexibility index (Phi) is 6.77. The van der Waals surface area contributed by atoms with Crippen LogP contribution in [0, 0.1) is 0 Å². The van der Waals surface area contributed by atoms with Crippen LogP contribution in [0.3, 0.4) is 0 Å². The Hall–Kier alpha value is -4.05. The summed E-state index contributed by atoms with van der Waals surface area (Å²) < 4.78 is 24.3. The molecule has 10 heteroatoms. The molecule has 5 rings (SSSR count). The molecule has 1 aliphatic rings. The molecular weight excluding hydrogens is 462 g/mol. The first kappa shape index (κ1) is 23.7. The molecule has 186 valence electrons. The normalized spacial score (nSPS) is 13.6. The van der Waals surface area contributed by atoms with Crippen LogP contribution in [0.4, 0.5) is 0 Å². The van der Waals surface area contributed by atoms with Crippen LogP contribution in [-0.2, 0) is 22.5 Å². The molecule has 1 aliphatic heterocycles. The number of carbonyl (C=O) groups excluding carboxylic acids is 1. The number of carbonyl (C=O) groups is 1. The topological polar surface area (TPSA) is 110 Å². The maximum absolute atomic E-state index is 12.5. The largest absolute Gasteiger partial charge is 0.493 e. The van der Waals surface area contributed by atoms with E-state index in [1.54, 1.807) is 17.9 Å². The molecule has 3 heterocycles. The van der Waals surface area contributed by atoms with E-state index >= 15 is 0 Å². The highest BCUT2D eigenvalue weighted by Crippen LogP contribution is 2.37. The molecule has 2 aromatic heterocycles. The van der Waals surface area contributed by atoms with Crippen LogP contribution in [0.15, 0.2) is 48.9 Å². The van der Waals surface area contributed by atoms with Crippen molar-refractivity contribution in [1.82, 2.24) is 25.0 Å². The molecule has 4 aromatic rings. The Bertz CT molecular complexity index is 1370. The summed E-state index contributed by atoms with van der Waals surface area (Å²) in [4.78, 5) is 21.2. The van der Waals surface area contributed by atoms with Crippen LogP contribution in [0.2, 0.25) is 0 Å². The summed E-state index contributed by atoms with van der Waals surface area (Å²) >= 11 is 0. The number of Topliss-reactive ketones (excluding diaryl/α,β-unsaturated/α-hetero) is 1. The average Bonchev–Trinajstić information content (AvgIpc) is 3.31. The fraction of sp³-hybridized carbons (Fsp3) is 0.346. The van der Waals surface area contributed by atoms with Gasteiger partial charge in [-0.05, 0) is 29.7 Å². The van der Waals surface area contributed by atoms with Crippen molar-refractivity contribution >= 4 is 16.7 Å². The molecule has 0 aliphatic carbocycles. The Balaban J connectivity index is 1.27. The standard InChI is InChI=1S/C26H27N5O5/c1-16(2)23-12-31(30-29-23)11-18(32)8-17-4-6-19(7-5-17)36-26-21-9-24(33-3)25(35-20-13-34-14-20)10-22(21)27-15-28-26/h4-7,9-10,12,15-16,20H,8,11,13-14H2,1-3H3. The number of rotatable bonds is 10. The third-order valence-electron chi connectivity index (χ3n) is 5.81. The quantitative estimate of drug-likeness (QED) is 0.329. The molecule has 2 aromatic carbocycles. The summed E-state index contributed by atoms with van der Waals surface area (Å²) in [6, 6.07) is 11.0. The van der Waals surface area contributed by atoms with Gasteiger partial charge in [-0.25, -0.2) is 14.6 Å². The molecule has 0 atom stereocenters. The Labute approximate surface area is 208 Å². The van der Waals surface area contributed by atoms with E-state index < -0.39 is 0 Å². The van der Waals surface area contributed by atoms with Gasteiger partial charge < -0.3 is 18.9 Å². The van der Waals surface area contributed by atoms with Crippen molar-refractivity contribution in [3.8, 4) is 23.1 Å². The average molecular weight is 490 g/mol. The van der Waals surface area contributed by atoms with Gasteiger partial charge in [0.05, 0.1) is 36.9 Å². The number of hydrogen-bond donors (Lipinski definition) is 0. The molecule has 1 saturated heterocycles. The molecule has 0 saturated carbocycles. The van der Waals surface area contributed by atoms with Gasteiger partial charge in [0.15, 0.2) is 17.3 Å². The minimum absolute atomic E-state index is 0.00743.